The minimum absolute atomic E-state index is 0.101. The molecular weight excluding hydrogens is 202 g/mol. The minimum atomic E-state index is -4.78. The van der Waals surface area contributed by atoms with Crippen LogP contribution in [0.4, 0.5) is 12.9 Å². The van der Waals surface area contributed by atoms with Gasteiger partial charge in [0, 0.05) is 17.5 Å². The molecule has 0 unspecified atom stereocenters. The van der Waals surface area contributed by atoms with E-state index in [-0.39, 0.29) is 5.92 Å². The molecule has 0 fully saturated rings. The zero-order valence-corrected chi connectivity index (χ0v) is 9.17. The molecule has 15 heavy (non-hydrogen) atoms. The molecule has 84 valence electrons. The Morgan fingerprint density at radius 3 is 2.40 bits per heavy atom. The average molecular weight is 217 g/mol. The summed E-state index contributed by atoms with van der Waals surface area (Å²) >= 11 is 0. The van der Waals surface area contributed by atoms with E-state index in [4.69, 9.17) is 0 Å². The van der Waals surface area contributed by atoms with Crippen molar-refractivity contribution in [1.29, 1.82) is 0 Å². The number of aryl methyl sites for hydroxylation is 1. The van der Waals surface area contributed by atoms with E-state index in [1.807, 2.05) is 26.8 Å². The van der Waals surface area contributed by atoms with Gasteiger partial charge in [0.25, 0.3) is 0 Å². The van der Waals surface area contributed by atoms with E-state index >= 15 is 0 Å². The first-order valence-electron chi connectivity index (χ1n) is 5.01. The molecule has 5 heteroatoms. The highest BCUT2D eigenvalue weighted by Gasteiger charge is 2.31. The van der Waals surface area contributed by atoms with Crippen LogP contribution in [0.25, 0.3) is 0 Å². The molecule has 1 aromatic rings. The minimum Gasteiger partial charge on any atom is -0.445 e. The third kappa shape index (κ3) is 3.25. The number of halogens is 3. The number of nitrogens with zero attached hydrogens (tertiary/aromatic N) is 1. The predicted molar refractivity (Wildman–Crippen MR) is 54.5 cm³/mol. The monoisotopic (exact) mass is 217 g/mol. The summed E-state index contributed by atoms with van der Waals surface area (Å²) in [5.41, 5.74) is 1.67. The normalized spacial score (nSPS) is 12.2. The summed E-state index contributed by atoms with van der Waals surface area (Å²) in [7, 11) is 0. The third-order valence-electron chi connectivity index (χ3n) is 2.28. The first-order valence-corrected chi connectivity index (χ1v) is 5.01. The van der Waals surface area contributed by atoms with E-state index in [2.05, 4.69) is 0 Å². The largest absolute Gasteiger partial charge is 0.542 e. The smallest absolute Gasteiger partial charge is 0.445 e. The summed E-state index contributed by atoms with van der Waals surface area (Å²) in [4.78, 5) is 0. The van der Waals surface area contributed by atoms with Crippen LogP contribution in [0.5, 0.6) is 0 Å². The lowest BCUT2D eigenvalue weighted by Crippen LogP contribution is -2.48. The van der Waals surface area contributed by atoms with Crippen molar-refractivity contribution in [3.8, 4) is 0 Å². The number of pyridine rings is 1. The van der Waals surface area contributed by atoms with Crippen molar-refractivity contribution >= 4 is 6.98 Å². The van der Waals surface area contributed by atoms with Crippen molar-refractivity contribution in [2.24, 2.45) is 0 Å². The molecule has 0 amide bonds. The fourth-order valence-electron chi connectivity index (χ4n) is 1.85. The average Bonchev–Trinajstić information content (AvgIpc) is 1.99. The zero-order valence-electron chi connectivity index (χ0n) is 9.17. The van der Waals surface area contributed by atoms with E-state index in [1.165, 1.54) is 10.8 Å². The molecule has 0 aromatic carbocycles. The Morgan fingerprint density at radius 1 is 1.33 bits per heavy atom. The van der Waals surface area contributed by atoms with Crippen molar-refractivity contribution in [3.05, 3.63) is 29.6 Å². The molecule has 0 saturated heterocycles. The summed E-state index contributed by atoms with van der Waals surface area (Å²) in [6.07, 6.45) is 0.646. The van der Waals surface area contributed by atoms with Gasteiger partial charge in [-0.2, -0.15) is 0 Å². The second kappa shape index (κ2) is 4.25. The summed E-state index contributed by atoms with van der Waals surface area (Å²) in [6, 6.07) is 3.50. The van der Waals surface area contributed by atoms with Gasteiger partial charge in [-0.3, -0.25) is 0 Å². The second-order valence-corrected chi connectivity index (χ2v) is 4.09. The van der Waals surface area contributed by atoms with Crippen molar-refractivity contribution in [2.75, 3.05) is 0 Å². The molecule has 0 saturated carbocycles. The Hall–Kier alpha value is -0.995. The molecule has 1 rings (SSSR count). The van der Waals surface area contributed by atoms with Crippen LogP contribution in [0.3, 0.4) is 0 Å². The Bertz CT molecular complexity index is 347. The van der Waals surface area contributed by atoms with Crippen molar-refractivity contribution in [1.82, 2.24) is 0 Å². The SMILES string of the molecule is Cc1ccc[n+](C[B-](F)(F)F)c1C(C)C. The van der Waals surface area contributed by atoms with Crippen LogP contribution in [0.15, 0.2) is 18.3 Å². The van der Waals surface area contributed by atoms with Gasteiger partial charge in [0.15, 0.2) is 11.9 Å². The Kier molecular flexibility index (Phi) is 3.42. The van der Waals surface area contributed by atoms with Crippen LogP contribution in [-0.4, -0.2) is 6.98 Å². The Morgan fingerprint density at radius 2 is 1.93 bits per heavy atom. The first kappa shape index (κ1) is 12.1. The van der Waals surface area contributed by atoms with Gasteiger partial charge in [-0.1, -0.05) is 13.8 Å². The molecule has 0 bridgehead atoms. The van der Waals surface area contributed by atoms with E-state index < -0.39 is 13.4 Å². The molecule has 0 aliphatic rings. The molecule has 1 nitrogen and oxygen atoms in total. The van der Waals surface area contributed by atoms with Crippen molar-refractivity contribution < 1.29 is 17.5 Å². The lowest BCUT2D eigenvalue weighted by molar-refractivity contribution is -0.692. The Labute approximate surface area is 88.0 Å². The number of aromatic nitrogens is 1. The number of rotatable bonds is 3. The maximum atomic E-state index is 12.4. The standard InChI is InChI=1S/C10H15BF3N/c1-8(2)10-9(3)5-4-6-15(10)7-11(12,13)14/h4-6,8H,7H2,1-3H3. The van der Waals surface area contributed by atoms with Crippen molar-refractivity contribution in [3.63, 3.8) is 0 Å². The van der Waals surface area contributed by atoms with Crippen molar-refractivity contribution in [2.45, 2.75) is 33.1 Å². The summed E-state index contributed by atoms with van der Waals surface area (Å²) < 4.78 is 38.4. The van der Waals surface area contributed by atoms with Gasteiger partial charge in [-0.15, -0.1) is 0 Å². The molecule has 0 atom stereocenters. The van der Waals surface area contributed by atoms with Gasteiger partial charge in [-0.05, 0) is 13.0 Å². The topological polar surface area (TPSA) is 3.88 Å². The predicted octanol–water partition coefficient (Wildman–Crippen LogP) is 2.79. The van der Waals surface area contributed by atoms with E-state index in [0.717, 1.165) is 11.3 Å². The van der Waals surface area contributed by atoms with Gasteiger partial charge in [-0.25, -0.2) is 4.57 Å². The van der Waals surface area contributed by atoms with Crippen LogP contribution < -0.4 is 4.57 Å². The van der Waals surface area contributed by atoms with E-state index in [1.54, 1.807) is 6.07 Å². The maximum absolute atomic E-state index is 12.4. The fourth-order valence-corrected chi connectivity index (χ4v) is 1.85. The zero-order chi connectivity index (χ0) is 11.6. The molecular formula is C10H15BF3N. The molecule has 0 spiro atoms. The van der Waals surface area contributed by atoms with Crippen LogP contribution in [0.2, 0.25) is 0 Å². The molecule has 1 heterocycles. The highest BCUT2D eigenvalue weighted by atomic mass is 19.4. The fraction of sp³-hybridized carbons (Fsp3) is 0.500. The second-order valence-electron chi connectivity index (χ2n) is 4.09. The van der Waals surface area contributed by atoms with Crippen LogP contribution in [-0.2, 0) is 6.44 Å². The highest BCUT2D eigenvalue weighted by Crippen LogP contribution is 2.16. The van der Waals surface area contributed by atoms with Gasteiger partial charge in [0.1, 0.15) is 6.44 Å². The Balaban J connectivity index is 3.12. The lowest BCUT2D eigenvalue weighted by atomic mass is 9.91. The molecule has 0 N–H and O–H groups in total. The van der Waals surface area contributed by atoms with Crippen LogP contribution >= 0.6 is 0 Å². The van der Waals surface area contributed by atoms with Gasteiger partial charge in [0.2, 0.25) is 0 Å². The first-order chi connectivity index (χ1) is 6.81. The van der Waals surface area contributed by atoms with Crippen LogP contribution in [0.1, 0.15) is 31.0 Å². The molecule has 1 aromatic heterocycles. The molecule has 0 aliphatic heterocycles. The number of hydrogen-bond donors (Lipinski definition) is 0. The van der Waals surface area contributed by atoms with E-state index in [0.29, 0.717) is 0 Å². The van der Waals surface area contributed by atoms with Crippen LogP contribution in [0, 0.1) is 6.92 Å². The molecule has 0 aliphatic carbocycles. The number of hydrogen-bond acceptors (Lipinski definition) is 0. The summed E-state index contributed by atoms with van der Waals surface area (Å²) in [5.74, 6) is 0.101. The highest BCUT2D eigenvalue weighted by molar-refractivity contribution is 6.56. The molecule has 0 radical (unpaired) electrons. The van der Waals surface area contributed by atoms with E-state index in [9.17, 15) is 12.9 Å². The summed E-state index contributed by atoms with van der Waals surface area (Å²) in [6.45, 7) is 0.871. The lowest BCUT2D eigenvalue weighted by Gasteiger charge is -2.14. The van der Waals surface area contributed by atoms with Gasteiger partial charge < -0.3 is 12.9 Å². The van der Waals surface area contributed by atoms with Gasteiger partial charge >= 0.3 is 6.98 Å². The summed E-state index contributed by atoms with van der Waals surface area (Å²) in [5, 5.41) is 0. The maximum Gasteiger partial charge on any atom is 0.542 e. The van der Waals surface area contributed by atoms with Gasteiger partial charge in [0.05, 0.1) is 0 Å². The third-order valence-corrected chi connectivity index (χ3v) is 2.28. The quantitative estimate of drug-likeness (QED) is 0.541.